The summed E-state index contributed by atoms with van der Waals surface area (Å²) in [5.41, 5.74) is 1.05. The van der Waals surface area contributed by atoms with E-state index in [4.69, 9.17) is 5.26 Å². The van der Waals surface area contributed by atoms with Crippen LogP contribution in [0.4, 0.5) is 15.3 Å². The molecule has 0 aliphatic rings. The highest BCUT2D eigenvalue weighted by Gasteiger charge is 2.21. The van der Waals surface area contributed by atoms with E-state index in [-0.39, 0.29) is 16.9 Å². The SMILES string of the molecule is Cc1nc(NC(=O)C=CNc2nccc3c(F)cc(C#N)cc23)sc1C(C)(C)C. The van der Waals surface area contributed by atoms with Gasteiger partial charge in [0.25, 0.3) is 5.91 Å². The summed E-state index contributed by atoms with van der Waals surface area (Å²) in [5, 5.41) is 16.0. The number of rotatable bonds is 4. The highest BCUT2D eigenvalue weighted by Crippen LogP contribution is 2.33. The number of aromatic nitrogens is 2. The number of hydrogen-bond donors (Lipinski definition) is 2. The summed E-state index contributed by atoms with van der Waals surface area (Å²) in [7, 11) is 0. The molecule has 0 aliphatic carbocycles. The molecule has 8 heteroatoms. The lowest BCUT2D eigenvalue weighted by Crippen LogP contribution is -2.10. The average molecular weight is 409 g/mol. The third kappa shape index (κ3) is 4.58. The Morgan fingerprint density at radius 2 is 2.07 bits per heavy atom. The number of nitriles is 1. The van der Waals surface area contributed by atoms with Gasteiger partial charge in [-0.25, -0.2) is 14.4 Å². The van der Waals surface area contributed by atoms with Gasteiger partial charge in [-0.05, 0) is 30.5 Å². The molecule has 0 bridgehead atoms. The first kappa shape index (κ1) is 20.4. The minimum atomic E-state index is -0.500. The smallest absolute Gasteiger partial charge is 0.251 e. The highest BCUT2D eigenvalue weighted by molar-refractivity contribution is 7.16. The Hall–Kier alpha value is -3.31. The van der Waals surface area contributed by atoms with Crippen LogP contribution in [0.5, 0.6) is 0 Å². The lowest BCUT2D eigenvalue weighted by Gasteiger charge is -2.16. The van der Waals surface area contributed by atoms with Crippen LogP contribution in [0.15, 0.2) is 36.7 Å². The quantitative estimate of drug-likeness (QED) is 0.600. The number of fused-ring (bicyclic) bond motifs is 1. The maximum Gasteiger partial charge on any atom is 0.251 e. The molecular formula is C21H20FN5OS. The van der Waals surface area contributed by atoms with Gasteiger partial charge in [0.2, 0.25) is 0 Å². The number of benzene rings is 1. The van der Waals surface area contributed by atoms with Crippen molar-refractivity contribution in [1.29, 1.82) is 5.26 Å². The van der Waals surface area contributed by atoms with E-state index in [1.807, 2.05) is 13.0 Å². The van der Waals surface area contributed by atoms with Crippen molar-refractivity contribution in [3.63, 3.8) is 0 Å². The second-order valence-corrected chi connectivity index (χ2v) is 8.47. The molecule has 148 valence electrons. The third-order valence-electron chi connectivity index (χ3n) is 4.12. The van der Waals surface area contributed by atoms with Crippen LogP contribution in [0.25, 0.3) is 10.8 Å². The minimum absolute atomic E-state index is 0.0420. The lowest BCUT2D eigenvalue weighted by atomic mass is 9.94. The van der Waals surface area contributed by atoms with Crippen LogP contribution in [0.2, 0.25) is 0 Å². The van der Waals surface area contributed by atoms with E-state index in [1.165, 1.54) is 41.9 Å². The van der Waals surface area contributed by atoms with E-state index in [0.29, 0.717) is 21.7 Å². The number of nitrogens with zero attached hydrogens (tertiary/aromatic N) is 3. The Bertz CT molecular complexity index is 1150. The summed E-state index contributed by atoms with van der Waals surface area (Å²) < 4.78 is 14.1. The molecule has 1 aromatic carbocycles. The minimum Gasteiger partial charge on any atom is -0.346 e. The summed E-state index contributed by atoms with van der Waals surface area (Å²) in [5.74, 6) is -0.501. The Labute approximate surface area is 172 Å². The number of thiazole rings is 1. The number of amides is 1. The fraction of sp³-hybridized carbons (Fsp3) is 0.238. The van der Waals surface area contributed by atoms with Crippen LogP contribution in [0, 0.1) is 24.1 Å². The van der Waals surface area contributed by atoms with Crippen molar-refractivity contribution in [2.24, 2.45) is 0 Å². The molecule has 0 unspecified atom stereocenters. The second kappa shape index (κ2) is 7.97. The van der Waals surface area contributed by atoms with Crippen LogP contribution in [-0.2, 0) is 10.2 Å². The molecule has 2 aromatic heterocycles. The summed E-state index contributed by atoms with van der Waals surface area (Å²) in [6, 6.07) is 6.18. The number of pyridine rings is 1. The first-order chi connectivity index (χ1) is 13.7. The van der Waals surface area contributed by atoms with Gasteiger partial charge in [0, 0.05) is 34.1 Å². The number of carbonyl (C=O) groups excluding carboxylic acids is 1. The van der Waals surface area contributed by atoms with Gasteiger partial charge in [0.1, 0.15) is 11.6 Å². The van der Waals surface area contributed by atoms with Gasteiger partial charge in [0.15, 0.2) is 5.13 Å². The summed E-state index contributed by atoms with van der Waals surface area (Å²) in [6.07, 6.45) is 4.18. The summed E-state index contributed by atoms with van der Waals surface area (Å²) in [6.45, 7) is 8.22. The van der Waals surface area contributed by atoms with Gasteiger partial charge in [0.05, 0.1) is 17.3 Å². The first-order valence-corrected chi connectivity index (χ1v) is 9.71. The van der Waals surface area contributed by atoms with E-state index in [1.54, 1.807) is 6.07 Å². The highest BCUT2D eigenvalue weighted by atomic mass is 32.1. The van der Waals surface area contributed by atoms with Crippen LogP contribution in [0.3, 0.4) is 0 Å². The zero-order valence-electron chi connectivity index (χ0n) is 16.5. The largest absolute Gasteiger partial charge is 0.346 e. The van der Waals surface area contributed by atoms with Gasteiger partial charge in [-0.15, -0.1) is 11.3 Å². The second-order valence-electron chi connectivity index (χ2n) is 7.48. The van der Waals surface area contributed by atoms with Crippen LogP contribution in [-0.4, -0.2) is 15.9 Å². The fourth-order valence-corrected chi connectivity index (χ4v) is 3.93. The Balaban J connectivity index is 1.74. The van der Waals surface area contributed by atoms with Gasteiger partial charge in [-0.1, -0.05) is 20.8 Å². The van der Waals surface area contributed by atoms with Crippen molar-refractivity contribution >= 4 is 39.0 Å². The van der Waals surface area contributed by atoms with Crippen molar-refractivity contribution < 1.29 is 9.18 Å². The molecule has 2 N–H and O–H groups in total. The molecule has 0 saturated carbocycles. The Morgan fingerprint density at radius 1 is 1.31 bits per heavy atom. The summed E-state index contributed by atoms with van der Waals surface area (Å²) >= 11 is 1.45. The van der Waals surface area contributed by atoms with Gasteiger partial charge < -0.3 is 5.32 Å². The molecule has 3 rings (SSSR count). The Morgan fingerprint density at radius 3 is 2.72 bits per heavy atom. The Kier molecular flexibility index (Phi) is 5.62. The summed E-state index contributed by atoms with van der Waals surface area (Å²) in [4.78, 5) is 21.9. The number of aryl methyl sites for hydroxylation is 1. The number of anilines is 2. The molecule has 0 saturated heterocycles. The van der Waals surface area contributed by atoms with Gasteiger partial charge in [-0.2, -0.15) is 5.26 Å². The van der Waals surface area contributed by atoms with Crippen molar-refractivity contribution in [1.82, 2.24) is 9.97 Å². The topological polar surface area (TPSA) is 90.7 Å². The average Bonchev–Trinajstić information content (AvgIpc) is 3.02. The maximum atomic E-state index is 14.1. The van der Waals surface area contributed by atoms with Crippen LogP contribution < -0.4 is 10.6 Å². The van der Waals surface area contributed by atoms with E-state index in [0.717, 1.165) is 10.6 Å². The molecule has 1 amide bonds. The van der Waals surface area contributed by atoms with Crippen LogP contribution >= 0.6 is 11.3 Å². The van der Waals surface area contributed by atoms with E-state index in [9.17, 15) is 9.18 Å². The molecule has 0 radical (unpaired) electrons. The predicted molar refractivity (Wildman–Crippen MR) is 113 cm³/mol. The van der Waals surface area contributed by atoms with Crippen molar-refractivity contribution in [3.05, 3.63) is 58.6 Å². The molecule has 2 heterocycles. The molecule has 0 aliphatic heterocycles. The zero-order chi connectivity index (χ0) is 21.2. The molecular weight excluding hydrogens is 389 g/mol. The number of hydrogen-bond acceptors (Lipinski definition) is 6. The van der Waals surface area contributed by atoms with Gasteiger partial charge in [-0.3, -0.25) is 10.1 Å². The van der Waals surface area contributed by atoms with E-state index >= 15 is 0 Å². The molecule has 6 nitrogen and oxygen atoms in total. The van der Waals surface area contributed by atoms with Crippen molar-refractivity contribution in [2.45, 2.75) is 33.1 Å². The third-order valence-corrected chi connectivity index (χ3v) is 5.62. The standard InChI is InChI=1S/C21H20FN5OS/c1-12-18(21(2,3)4)29-20(26-12)27-17(28)6-8-25-19-15-9-13(11-23)10-16(22)14(15)5-7-24-19/h5-10H,1-4H3,(H,24,25)(H,26,27,28). The monoisotopic (exact) mass is 409 g/mol. The number of carbonyl (C=O) groups is 1. The normalized spacial score (nSPS) is 11.6. The van der Waals surface area contributed by atoms with Crippen molar-refractivity contribution in [3.8, 4) is 6.07 Å². The first-order valence-electron chi connectivity index (χ1n) is 8.89. The predicted octanol–water partition coefficient (Wildman–Crippen LogP) is 4.87. The van der Waals surface area contributed by atoms with Gasteiger partial charge >= 0.3 is 0 Å². The molecule has 29 heavy (non-hydrogen) atoms. The fourth-order valence-electron chi connectivity index (χ4n) is 2.91. The van der Waals surface area contributed by atoms with E-state index < -0.39 is 5.82 Å². The lowest BCUT2D eigenvalue weighted by molar-refractivity contribution is -0.111. The van der Waals surface area contributed by atoms with E-state index in [2.05, 4.69) is 41.4 Å². The maximum absolute atomic E-state index is 14.1. The number of halogens is 1. The zero-order valence-corrected chi connectivity index (χ0v) is 17.3. The molecule has 0 spiro atoms. The molecule has 3 aromatic rings. The van der Waals surface area contributed by atoms with Crippen molar-refractivity contribution in [2.75, 3.05) is 10.6 Å². The molecule has 0 fully saturated rings. The molecule has 0 atom stereocenters. The van der Waals surface area contributed by atoms with Crippen LogP contribution in [0.1, 0.15) is 36.9 Å². The number of nitrogens with one attached hydrogen (secondary N) is 2.